The van der Waals surface area contributed by atoms with Gasteiger partial charge in [0.1, 0.15) is 5.76 Å². The number of ether oxygens (including phenoxy) is 1. The summed E-state index contributed by atoms with van der Waals surface area (Å²) in [5, 5.41) is 5.54. The van der Waals surface area contributed by atoms with Crippen molar-refractivity contribution in [1.29, 1.82) is 0 Å². The molecule has 34 heavy (non-hydrogen) atoms. The third-order valence-electron chi connectivity index (χ3n) is 6.45. The molecule has 1 aromatic heterocycles. The maximum Gasteiger partial charge on any atom is 0.309 e. The Morgan fingerprint density at radius 2 is 1.62 bits per heavy atom. The molecule has 0 saturated carbocycles. The van der Waals surface area contributed by atoms with Crippen molar-refractivity contribution < 1.29 is 18.7 Å². The van der Waals surface area contributed by atoms with Gasteiger partial charge in [0.05, 0.1) is 25.5 Å². The van der Waals surface area contributed by atoms with Crippen molar-refractivity contribution in [2.45, 2.75) is 12.5 Å². The Morgan fingerprint density at radius 3 is 2.32 bits per heavy atom. The van der Waals surface area contributed by atoms with Gasteiger partial charge in [-0.15, -0.1) is 0 Å². The van der Waals surface area contributed by atoms with Crippen LogP contribution < -0.4 is 15.5 Å². The van der Waals surface area contributed by atoms with E-state index in [9.17, 15) is 9.59 Å². The number of carbonyl (C=O) groups excluding carboxylic acids is 2. The SMILES string of the molecule is O=C(NCCCN1CCOCC1)C(=O)NCC(c1ccco1)N1CCN(c2ccccc2)CC1. The molecule has 1 aromatic carbocycles. The zero-order valence-electron chi connectivity index (χ0n) is 19.7. The van der Waals surface area contributed by atoms with E-state index in [0.29, 0.717) is 13.1 Å². The Morgan fingerprint density at radius 1 is 0.882 bits per heavy atom. The molecule has 2 amide bonds. The van der Waals surface area contributed by atoms with Crippen molar-refractivity contribution >= 4 is 17.5 Å². The molecule has 2 fully saturated rings. The molecular formula is C25H35N5O4. The molecule has 9 nitrogen and oxygen atoms in total. The van der Waals surface area contributed by atoms with Gasteiger partial charge in [-0.2, -0.15) is 0 Å². The number of rotatable bonds is 9. The number of piperazine rings is 1. The lowest BCUT2D eigenvalue weighted by atomic mass is 10.1. The number of hydrogen-bond donors (Lipinski definition) is 2. The van der Waals surface area contributed by atoms with Gasteiger partial charge in [-0.1, -0.05) is 18.2 Å². The summed E-state index contributed by atoms with van der Waals surface area (Å²) in [6.45, 7) is 8.49. The molecule has 9 heteroatoms. The average molecular weight is 470 g/mol. The fourth-order valence-electron chi connectivity index (χ4n) is 4.50. The smallest absolute Gasteiger partial charge is 0.309 e. The molecule has 3 heterocycles. The maximum absolute atomic E-state index is 12.4. The Bertz CT molecular complexity index is 878. The van der Waals surface area contributed by atoms with Gasteiger partial charge < -0.3 is 24.7 Å². The highest BCUT2D eigenvalue weighted by molar-refractivity contribution is 6.35. The number of hydrogen-bond acceptors (Lipinski definition) is 7. The highest BCUT2D eigenvalue weighted by atomic mass is 16.5. The number of morpholine rings is 1. The first kappa shape index (κ1) is 24.3. The van der Waals surface area contributed by atoms with E-state index in [1.54, 1.807) is 6.26 Å². The number of amides is 2. The van der Waals surface area contributed by atoms with Crippen LogP contribution >= 0.6 is 0 Å². The summed E-state index contributed by atoms with van der Waals surface area (Å²) in [4.78, 5) is 31.7. The molecule has 2 N–H and O–H groups in total. The van der Waals surface area contributed by atoms with Crippen molar-refractivity contribution in [3.05, 3.63) is 54.5 Å². The Kier molecular flexibility index (Phi) is 8.95. The summed E-state index contributed by atoms with van der Waals surface area (Å²) >= 11 is 0. The lowest BCUT2D eigenvalue weighted by Gasteiger charge is -2.39. The first-order valence-electron chi connectivity index (χ1n) is 12.1. The van der Waals surface area contributed by atoms with Gasteiger partial charge >= 0.3 is 11.8 Å². The summed E-state index contributed by atoms with van der Waals surface area (Å²) < 4.78 is 11.0. The minimum atomic E-state index is -0.606. The summed E-state index contributed by atoms with van der Waals surface area (Å²) in [6.07, 6.45) is 2.45. The van der Waals surface area contributed by atoms with Crippen molar-refractivity contribution in [2.75, 3.05) is 77.0 Å². The van der Waals surface area contributed by atoms with Crippen LogP contribution in [0.25, 0.3) is 0 Å². The van der Waals surface area contributed by atoms with Gasteiger partial charge in [-0.05, 0) is 37.2 Å². The summed E-state index contributed by atoms with van der Waals surface area (Å²) in [5.41, 5.74) is 1.22. The number of benzene rings is 1. The molecule has 1 unspecified atom stereocenters. The monoisotopic (exact) mass is 469 g/mol. The van der Waals surface area contributed by atoms with Crippen LogP contribution in [0.4, 0.5) is 5.69 Å². The molecule has 0 bridgehead atoms. The van der Waals surface area contributed by atoms with Gasteiger partial charge in [0, 0.05) is 58.0 Å². The fourth-order valence-corrected chi connectivity index (χ4v) is 4.50. The zero-order chi connectivity index (χ0) is 23.6. The summed E-state index contributed by atoms with van der Waals surface area (Å²) in [5.74, 6) is -0.403. The van der Waals surface area contributed by atoms with E-state index in [1.165, 1.54) is 5.69 Å². The minimum Gasteiger partial charge on any atom is -0.468 e. The standard InChI is InChI=1S/C25H35N5O4/c31-24(26-9-5-10-28-15-18-33-19-16-28)25(32)27-20-22(23-8-4-17-34-23)30-13-11-29(12-14-30)21-6-2-1-3-7-21/h1-4,6-8,17,22H,5,9-16,18-20H2,(H,26,31)(H,27,32). The van der Waals surface area contributed by atoms with E-state index in [2.05, 4.69) is 49.6 Å². The number of nitrogens with zero attached hydrogens (tertiary/aromatic N) is 3. The molecular weight excluding hydrogens is 434 g/mol. The summed E-state index contributed by atoms with van der Waals surface area (Å²) in [6, 6.07) is 14.0. The van der Waals surface area contributed by atoms with Gasteiger partial charge in [-0.3, -0.25) is 19.4 Å². The van der Waals surface area contributed by atoms with E-state index < -0.39 is 11.8 Å². The molecule has 1 atom stereocenters. The second-order valence-corrected chi connectivity index (χ2v) is 8.66. The van der Waals surface area contributed by atoms with E-state index in [1.807, 2.05) is 18.2 Å². The van der Waals surface area contributed by atoms with Crippen LogP contribution in [0.2, 0.25) is 0 Å². The van der Waals surface area contributed by atoms with Crippen LogP contribution in [0.5, 0.6) is 0 Å². The second-order valence-electron chi connectivity index (χ2n) is 8.66. The van der Waals surface area contributed by atoms with Crippen molar-refractivity contribution in [3.63, 3.8) is 0 Å². The van der Waals surface area contributed by atoms with Crippen LogP contribution in [0.1, 0.15) is 18.2 Å². The fraction of sp³-hybridized carbons (Fsp3) is 0.520. The van der Waals surface area contributed by atoms with Gasteiger partial charge in [-0.25, -0.2) is 0 Å². The van der Waals surface area contributed by atoms with Gasteiger partial charge in [0.15, 0.2) is 0 Å². The molecule has 4 rings (SSSR count). The average Bonchev–Trinajstić information content (AvgIpc) is 3.43. The minimum absolute atomic E-state index is 0.119. The van der Waals surface area contributed by atoms with Crippen molar-refractivity contribution in [2.24, 2.45) is 0 Å². The Labute approximate surface area is 201 Å². The Hall–Kier alpha value is -2.88. The van der Waals surface area contributed by atoms with E-state index >= 15 is 0 Å². The summed E-state index contributed by atoms with van der Waals surface area (Å²) in [7, 11) is 0. The predicted molar refractivity (Wildman–Crippen MR) is 130 cm³/mol. The molecule has 2 aromatic rings. The molecule has 2 aliphatic heterocycles. The zero-order valence-corrected chi connectivity index (χ0v) is 19.7. The van der Waals surface area contributed by atoms with E-state index in [-0.39, 0.29) is 6.04 Å². The lowest BCUT2D eigenvalue weighted by molar-refractivity contribution is -0.139. The normalized spacial score (nSPS) is 18.4. The van der Waals surface area contributed by atoms with Crippen LogP contribution in [-0.4, -0.2) is 93.7 Å². The van der Waals surface area contributed by atoms with Crippen molar-refractivity contribution in [3.8, 4) is 0 Å². The van der Waals surface area contributed by atoms with Crippen LogP contribution in [-0.2, 0) is 14.3 Å². The molecule has 2 saturated heterocycles. The van der Waals surface area contributed by atoms with Crippen LogP contribution in [0, 0.1) is 0 Å². The van der Waals surface area contributed by atoms with Gasteiger partial charge in [0.25, 0.3) is 0 Å². The Balaban J connectivity index is 1.22. The number of para-hydroxylation sites is 1. The topological polar surface area (TPSA) is 90.3 Å². The van der Waals surface area contributed by atoms with E-state index in [4.69, 9.17) is 9.15 Å². The van der Waals surface area contributed by atoms with Gasteiger partial charge in [0.2, 0.25) is 0 Å². The molecule has 0 radical (unpaired) electrons. The number of carbonyl (C=O) groups is 2. The molecule has 0 spiro atoms. The highest BCUT2D eigenvalue weighted by Gasteiger charge is 2.28. The first-order chi connectivity index (χ1) is 16.7. The number of nitrogens with one attached hydrogen (secondary N) is 2. The predicted octanol–water partition coefficient (Wildman–Crippen LogP) is 1.10. The quantitative estimate of drug-likeness (QED) is 0.420. The second kappa shape index (κ2) is 12.5. The lowest BCUT2D eigenvalue weighted by Crippen LogP contribution is -2.50. The van der Waals surface area contributed by atoms with Crippen molar-refractivity contribution in [1.82, 2.24) is 20.4 Å². The van der Waals surface area contributed by atoms with Crippen LogP contribution in [0.15, 0.2) is 53.1 Å². The molecule has 2 aliphatic rings. The van der Waals surface area contributed by atoms with Crippen LogP contribution in [0.3, 0.4) is 0 Å². The van der Waals surface area contributed by atoms with E-state index in [0.717, 1.165) is 71.2 Å². The highest BCUT2D eigenvalue weighted by Crippen LogP contribution is 2.24. The molecule has 184 valence electrons. The maximum atomic E-state index is 12.4. The largest absolute Gasteiger partial charge is 0.468 e. The number of furan rings is 1. The number of anilines is 1. The first-order valence-corrected chi connectivity index (χ1v) is 12.1. The third kappa shape index (κ3) is 6.82. The molecule has 0 aliphatic carbocycles. The third-order valence-corrected chi connectivity index (χ3v) is 6.45.